The van der Waals surface area contributed by atoms with Gasteiger partial charge in [0.15, 0.2) is 5.84 Å². The molecule has 0 unspecified atom stereocenters. The molecule has 0 aliphatic carbocycles. The summed E-state index contributed by atoms with van der Waals surface area (Å²) in [5.74, 6) is 1.70. The van der Waals surface area contributed by atoms with Crippen LogP contribution in [0.4, 0.5) is 0 Å². The summed E-state index contributed by atoms with van der Waals surface area (Å²) in [6, 6.07) is 29.5. The van der Waals surface area contributed by atoms with Crippen molar-refractivity contribution in [3.05, 3.63) is 119 Å². The number of hydrogen-bond acceptors (Lipinski definition) is 6. The van der Waals surface area contributed by atoms with Crippen molar-refractivity contribution in [3.8, 4) is 0 Å². The van der Waals surface area contributed by atoms with Gasteiger partial charge in [0.25, 0.3) is 0 Å². The molecule has 7 heteroatoms. The van der Waals surface area contributed by atoms with Gasteiger partial charge in [-0.25, -0.2) is 5.53 Å². The number of hydrazone groups is 1. The molecule has 2 heterocycles. The molecule has 0 radical (unpaired) electrons. The summed E-state index contributed by atoms with van der Waals surface area (Å²) in [7, 11) is 0. The van der Waals surface area contributed by atoms with E-state index in [1.165, 1.54) is 22.3 Å². The second-order valence-electron chi connectivity index (χ2n) is 8.02. The van der Waals surface area contributed by atoms with Crippen molar-refractivity contribution in [2.24, 2.45) is 5.10 Å². The van der Waals surface area contributed by atoms with Gasteiger partial charge in [0.2, 0.25) is 0 Å². The maximum absolute atomic E-state index is 4.76. The highest BCUT2D eigenvalue weighted by Crippen LogP contribution is 2.29. The molecule has 0 fully saturated rings. The van der Waals surface area contributed by atoms with E-state index < -0.39 is 0 Å². The molecule has 1 aromatic heterocycles. The van der Waals surface area contributed by atoms with Crippen LogP contribution in [0.15, 0.2) is 101 Å². The van der Waals surface area contributed by atoms with E-state index in [2.05, 4.69) is 101 Å². The summed E-state index contributed by atoms with van der Waals surface area (Å²) in [4.78, 5) is 0. The highest BCUT2D eigenvalue weighted by molar-refractivity contribution is 7.98. The van der Waals surface area contributed by atoms with Gasteiger partial charge in [0.1, 0.15) is 5.03 Å². The van der Waals surface area contributed by atoms with Crippen molar-refractivity contribution in [2.75, 3.05) is 0 Å². The molecule has 0 saturated carbocycles. The maximum Gasteiger partial charge on any atom is 0.177 e. The number of nitrogens with zero attached hydrogens (tertiary/aromatic N) is 4. The summed E-state index contributed by atoms with van der Waals surface area (Å²) >= 11 is 1.79. The number of rotatable bonds is 8. The monoisotopic (exact) mass is 454 g/mol. The molecule has 5 rings (SSSR count). The molecule has 0 spiro atoms. The van der Waals surface area contributed by atoms with Crippen LogP contribution in [0.2, 0.25) is 0 Å². The minimum absolute atomic E-state index is 0.695. The molecule has 0 bridgehead atoms. The molecule has 6 nitrogen and oxygen atoms in total. The summed E-state index contributed by atoms with van der Waals surface area (Å²) in [5.41, 5.74) is 12.1. The SMILES string of the molecule is Cc1cccc(CN2NNN=C2c2cnn(Cc3ccccc3)c2SCc2ccccc2)c1. The number of thioether (sulfide) groups is 1. The molecular formula is C26H26N6S. The number of aryl methyl sites for hydroxylation is 1. The van der Waals surface area contributed by atoms with Crippen molar-refractivity contribution in [1.29, 1.82) is 0 Å². The number of hydrogen-bond donors (Lipinski definition) is 2. The molecule has 0 atom stereocenters. The summed E-state index contributed by atoms with van der Waals surface area (Å²) < 4.78 is 2.07. The Morgan fingerprint density at radius 3 is 2.30 bits per heavy atom. The number of nitrogens with one attached hydrogen (secondary N) is 2. The summed E-state index contributed by atoms with van der Waals surface area (Å²) in [5, 5.41) is 12.4. The molecule has 4 aromatic rings. The van der Waals surface area contributed by atoms with Crippen molar-refractivity contribution in [1.82, 2.24) is 25.9 Å². The van der Waals surface area contributed by atoms with Crippen LogP contribution in [-0.4, -0.2) is 20.6 Å². The fraction of sp³-hybridized carbons (Fsp3) is 0.154. The first kappa shape index (κ1) is 21.3. The molecule has 33 heavy (non-hydrogen) atoms. The summed E-state index contributed by atoms with van der Waals surface area (Å²) in [6.07, 6.45) is 1.92. The lowest BCUT2D eigenvalue weighted by Crippen LogP contribution is -2.40. The minimum atomic E-state index is 0.695. The smallest absolute Gasteiger partial charge is 0.177 e. The highest BCUT2D eigenvalue weighted by atomic mass is 32.2. The third kappa shape index (κ3) is 5.10. The first-order chi connectivity index (χ1) is 16.3. The van der Waals surface area contributed by atoms with Crippen molar-refractivity contribution in [3.63, 3.8) is 0 Å². The van der Waals surface area contributed by atoms with Gasteiger partial charge in [0.05, 0.1) is 24.8 Å². The Hall–Kier alpha value is -3.55. The Bertz CT molecular complexity index is 1240. The topological polar surface area (TPSA) is 57.5 Å². The van der Waals surface area contributed by atoms with E-state index >= 15 is 0 Å². The second kappa shape index (κ2) is 9.94. The average Bonchev–Trinajstić information content (AvgIpc) is 3.45. The Kier molecular flexibility index (Phi) is 6.41. The van der Waals surface area contributed by atoms with E-state index in [0.29, 0.717) is 13.1 Å². The molecule has 3 aromatic carbocycles. The molecule has 166 valence electrons. The van der Waals surface area contributed by atoms with E-state index in [-0.39, 0.29) is 0 Å². The summed E-state index contributed by atoms with van der Waals surface area (Å²) in [6.45, 7) is 3.52. The zero-order valence-electron chi connectivity index (χ0n) is 18.5. The molecule has 2 N–H and O–H groups in total. The van der Waals surface area contributed by atoms with Crippen LogP contribution in [-0.2, 0) is 18.8 Å². The standard InChI is InChI=1S/C26H26N6S/c1-20-9-8-14-23(15-20)18-31-25(28-29-30-31)24-16-27-32(17-21-10-4-2-5-11-21)26(24)33-19-22-12-6-3-7-13-22/h2-16,29-30H,17-19H2,1H3. The molecule has 0 saturated heterocycles. The Morgan fingerprint density at radius 1 is 0.818 bits per heavy atom. The van der Waals surface area contributed by atoms with E-state index in [1.54, 1.807) is 11.8 Å². The number of aromatic nitrogens is 2. The van der Waals surface area contributed by atoms with Crippen LogP contribution in [0.5, 0.6) is 0 Å². The molecular weight excluding hydrogens is 428 g/mol. The maximum atomic E-state index is 4.76. The van der Waals surface area contributed by atoms with Crippen LogP contribution >= 0.6 is 11.8 Å². The fourth-order valence-corrected chi connectivity index (χ4v) is 4.90. The lowest BCUT2D eigenvalue weighted by atomic mass is 10.1. The van der Waals surface area contributed by atoms with Crippen LogP contribution in [0.25, 0.3) is 0 Å². The molecule has 1 aliphatic heterocycles. The van der Waals surface area contributed by atoms with Gasteiger partial charge in [-0.2, -0.15) is 5.10 Å². The van der Waals surface area contributed by atoms with Gasteiger partial charge in [-0.15, -0.1) is 22.4 Å². The van der Waals surface area contributed by atoms with Gasteiger partial charge in [0, 0.05) is 5.75 Å². The lowest BCUT2D eigenvalue weighted by Gasteiger charge is -2.19. The van der Waals surface area contributed by atoms with E-state index in [9.17, 15) is 0 Å². The van der Waals surface area contributed by atoms with Gasteiger partial charge < -0.3 is 0 Å². The Balaban J connectivity index is 1.44. The van der Waals surface area contributed by atoms with E-state index in [1.807, 2.05) is 23.3 Å². The molecule has 1 aliphatic rings. The number of benzene rings is 3. The first-order valence-corrected chi connectivity index (χ1v) is 11.9. The van der Waals surface area contributed by atoms with E-state index in [0.717, 1.165) is 22.2 Å². The van der Waals surface area contributed by atoms with Gasteiger partial charge in [-0.3, -0.25) is 9.69 Å². The average molecular weight is 455 g/mol. The van der Waals surface area contributed by atoms with Crippen LogP contribution in [0.1, 0.15) is 27.8 Å². The van der Waals surface area contributed by atoms with Crippen LogP contribution < -0.4 is 11.1 Å². The third-order valence-corrected chi connectivity index (χ3v) is 6.63. The van der Waals surface area contributed by atoms with E-state index in [4.69, 9.17) is 5.10 Å². The predicted octanol–water partition coefficient (Wildman–Crippen LogP) is 4.72. The van der Waals surface area contributed by atoms with Gasteiger partial charge in [-0.05, 0) is 23.6 Å². The quantitative estimate of drug-likeness (QED) is 0.377. The lowest BCUT2D eigenvalue weighted by molar-refractivity contribution is 0.287. The minimum Gasteiger partial charge on any atom is -0.266 e. The van der Waals surface area contributed by atoms with Crippen molar-refractivity contribution in [2.45, 2.75) is 30.8 Å². The normalized spacial score (nSPS) is 13.1. The Morgan fingerprint density at radius 2 is 1.55 bits per heavy atom. The van der Waals surface area contributed by atoms with Crippen LogP contribution in [0, 0.1) is 6.92 Å². The highest BCUT2D eigenvalue weighted by Gasteiger charge is 2.25. The number of amidine groups is 1. The molecule has 0 amide bonds. The van der Waals surface area contributed by atoms with Gasteiger partial charge in [-0.1, -0.05) is 90.5 Å². The van der Waals surface area contributed by atoms with Crippen molar-refractivity contribution >= 4 is 17.6 Å². The Labute approximate surface area is 198 Å². The van der Waals surface area contributed by atoms with Crippen molar-refractivity contribution < 1.29 is 0 Å². The third-order valence-electron chi connectivity index (χ3n) is 5.45. The predicted molar refractivity (Wildman–Crippen MR) is 133 cm³/mol. The zero-order chi connectivity index (χ0) is 22.5. The number of hydrazine groups is 2. The zero-order valence-corrected chi connectivity index (χ0v) is 19.3. The van der Waals surface area contributed by atoms with Gasteiger partial charge >= 0.3 is 0 Å². The first-order valence-electron chi connectivity index (χ1n) is 10.9. The second-order valence-corrected chi connectivity index (χ2v) is 8.98. The fourth-order valence-electron chi connectivity index (χ4n) is 3.84. The van der Waals surface area contributed by atoms with Crippen LogP contribution in [0.3, 0.4) is 0 Å². The largest absolute Gasteiger partial charge is 0.266 e.